The van der Waals surface area contributed by atoms with E-state index in [1.807, 2.05) is 0 Å². The molecule has 1 rings (SSSR count). The predicted molar refractivity (Wildman–Crippen MR) is 94.8 cm³/mol. The quantitative estimate of drug-likeness (QED) is 0.664. The van der Waals surface area contributed by atoms with Crippen LogP contribution in [-0.4, -0.2) is 6.04 Å². The van der Waals surface area contributed by atoms with E-state index in [2.05, 4.69) is 78.0 Å². The highest BCUT2D eigenvalue weighted by atomic mass is 14.9. The lowest BCUT2D eigenvalue weighted by molar-refractivity contribution is 0.359. The third kappa shape index (κ3) is 5.82. The fraction of sp³-hybridized carbons (Fsp3) is 0.700. The Kier molecular flexibility index (Phi) is 6.93. The summed E-state index contributed by atoms with van der Waals surface area (Å²) in [6.07, 6.45) is 3.75. The van der Waals surface area contributed by atoms with E-state index in [1.54, 1.807) is 0 Å². The molecule has 1 aromatic carbocycles. The number of benzene rings is 1. The molecule has 0 saturated heterocycles. The Morgan fingerprint density at radius 3 is 1.95 bits per heavy atom. The molecule has 3 unspecified atom stereocenters. The Balaban J connectivity index is 2.68. The van der Waals surface area contributed by atoms with Gasteiger partial charge in [0.1, 0.15) is 0 Å². The van der Waals surface area contributed by atoms with E-state index in [0.717, 1.165) is 5.92 Å². The highest BCUT2D eigenvalue weighted by molar-refractivity contribution is 5.29. The molecular formula is C20H35N. The second-order valence-electron chi connectivity index (χ2n) is 7.61. The first-order valence-corrected chi connectivity index (χ1v) is 8.64. The molecule has 0 aliphatic rings. The second-order valence-corrected chi connectivity index (χ2v) is 7.61. The van der Waals surface area contributed by atoms with Crippen LogP contribution in [0.3, 0.4) is 0 Å². The predicted octanol–water partition coefficient (Wildman–Crippen LogP) is 5.85. The van der Waals surface area contributed by atoms with Crippen LogP contribution in [0, 0.1) is 5.92 Å². The molecule has 0 aliphatic heterocycles. The lowest BCUT2D eigenvalue weighted by atomic mass is 9.86. The zero-order valence-corrected chi connectivity index (χ0v) is 15.2. The summed E-state index contributed by atoms with van der Waals surface area (Å²) in [4.78, 5) is 0. The summed E-state index contributed by atoms with van der Waals surface area (Å²) in [6, 6.07) is 10.2. The first-order valence-electron chi connectivity index (χ1n) is 8.64. The normalized spacial score (nSPS) is 16.5. The van der Waals surface area contributed by atoms with E-state index >= 15 is 0 Å². The van der Waals surface area contributed by atoms with Crippen molar-refractivity contribution in [1.82, 2.24) is 5.32 Å². The highest BCUT2D eigenvalue weighted by Crippen LogP contribution is 2.24. The maximum Gasteiger partial charge on any atom is 0.0294 e. The van der Waals surface area contributed by atoms with Gasteiger partial charge in [-0.05, 0) is 42.2 Å². The fourth-order valence-electron chi connectivity index (χ4n) is 2.73. The molecule has 1 aromatic rings. The Morgan fingerprint density at radius 1 is 0.952 bits per heavy atom. The van der Waals surface area contributed by atoms with E-state index < -0.39 is 0 Å². The van der Waals surface area contributed by atoms with Crippen molar-refractivity contribution in [3.63, 3.8) is 0 Å². The van der Waals surface area contributed by atoms with E-state index in [0.29, 0.717) is 12.1 Å². The van der Waals surface area contributed by atoms with Gasteiger partial charge in [0.25, 0.3) is 0 Å². The third-order valence-electron chi connectivity index (χ3n) is 4.64. The molecule has 0 aliphatic carbocycles. The van der Waals surface area contributed by atoms with Crippen molar-refractivity contribution in [3.05, 3.63) is 35.4 Å². The van der Waals surface area contributed by atoms with Crippen LogP contribution in [0.15, 0.2) is 24.3 Å². The molecule has 0 amide bonds. The van der Waals surface area contributed by atoms with Gasteiger partial charge >= 0.3 is 0 Å². The molecular weight excluding hydrogens is 254 g/mol. The molecule has 3 atom stereocenters. The van der Waals surface area contributed by atoms with Crippen LogP contribution in [0.2, 0.25) is 0 Å². The van der Waals surface area contributed by atoms with Gasteiger partial charge in [0.05, 0.1) is 0 Å². The zero-order valence-electron chi connectivity index (χ0n) is 15.2. The smallest absolute Gasteiger partial charge is 0.0294 e. The molecule has 0 radical (unpaired) electrons. The van der Waals surface area contributed by atoms with Gasteiger partial charge in [-0.25, -0.2) is 0 Å². The van der Waals surface area contributed by atoms with Crippen LogP contribution in [0.5, 0.6) is 0 Å². The Morgan fingerprint density at radius 2 is 1.52 bits per heavy atom. The van der Waals surface area contributed by atoms with Crippen molar-refractivity contribution in [2.24, 2.45) is 5.92 Å². The molecule has 1 N–H and O–H groups in total. The number of hydrogen-bond donors (Lipinski definition) is 1. The third-order valence-corrected chi connectivity index (χ3v) is 4.64. The minimum atomic E-state index is 0.234. The van der Waals surface area contributed by atoms with E-state index in [1.165, 1.54) is 30.4 Å². The first kappa shape index (κ1) is 18.2. The van der Waals surface area contributed by atoms with Gasteiger partial charge in [-0.15, -0.1) is 0 Å². The van der Waals surface area contributed by atoms with Crippen LogP contribution in [-0.2, 0) is 5.41 Å². The van der Waals surface area contributed by atoms with Gasteiger partial charge < -0.3 is 5.32 Å². The second kappa shape index (κ2) is 7.98. The molecule has 0 spiro atoms. The SMILES string of the molecule is CCC(C)CC(CC)NC(C)c1ccc(C(C)(C)C)cc1. The molecule has 21 heavy (non-hydrogen) atoms. The van der Waals surface area contributed by atoms with Crippen molar-refractivity contribution in [2.45, 2.75) is 85.2 Å². The van der Waals surface area contributed by atoms with Crippen molar-refractivity contribution < 1.29 is 0 Å². The molecule has 0 heterocycles. The van der Waals surface area contributed by atoms with E-state index in [4.69, 9.17) is 0 Å². The molecule has 1 heteroatoms. The Labute approximate surface area is 132 Å². The summed E-state index contributed by atoms with van der Waals surface area (Å²) >= 11 is 0. The van der Waals surface area contributed by atoms with Crippen LogP contribution in [0.4, 0.5) is 0 Å². The summed E-state index contributed by atoms with van der Waals surface area (Å²) in [5, 5.41) is 3.81. The molecule has 0 saturated carbocycles. The van der Waals surface area contributed by atoms with Crippen molar-refractivity contribution >= 4 is 0 Å². The van der Waals surface area contributed by atoms with Gasteiger partial charge in [0, 0.05) is 12.1 Å². The molecule has 120 valence electrons. The molecule has 0 aromatic heterocycles. The monoisotopic (exact) mass is 289 g/mol. The maximum atomic E-state index is 3.81. The Bertz CT molecular complexity index is 399. The minimum absolute atomic E-state index is 0.234. The summed E-state index contributed by atoms with van der Waals surface area (Å²) in [5.41, 5.74) is 3.04. The average Bonchev–Trinajstić information content (AvgIpc) is 2.45. The van der Waals surface area contributed by atoms with Crippen LogP contribution >= 0.6 is 0 Å². The molecule has 0 bridgehead atoms. The number of hydrogen-bond acceptors (Lipinski definition) is 1. The summed E-state index contributed by atoms with van der Waals surface area (Å²) < 4.78 is 0. The maximum absolute atomic E-state index is 3.81. The molecule has 0 fully saturated rings. The number of nitrogens with one attached hydrogen (secondary N) is 1. The fourth-order valence-corrected chi connectivity index (χ4v) is 2.73. The van der Waals surface area contributed by atoms with Crippen molar-refractivity contribution in [1.29, 1.82) is 0 Å². The first-order chi connectivity index (χ1) is 9.77. The summed E-state index contributed by atoms with van der Waals surface area (Å²) in [5.74, 6) is 0.804. The lowest BCUT2D eigenvalue weighted by Gasteiger charge is -2.26. The largest absolute Gasteiger partial charge is 0.307 e. The van der Waals surface area contributed by atoms with Gasteiger partial charge in [0.2, 0.25) is 0 Å². The van der Waals surface area contributed by atoms with E-state index in [9.17, 15) is 0 Å². The van der Waals surface area contributed by atoms with Gasteiger partial charge in [0.15, 0.2) is 0 Å². The van der Waals surface area contributed by atoms with Gasteiger partial charge in [-0.3, -0.25) is 0 Å². The van der Waals surface area contributed by atoms with Crippen LogP contribution in [0.1, 0.15) is 84.9 Å². The molecule has 1 nitrogen and oxygen atoms in total. The lowest BCUT2D eigenvalue weighted by Crippen LogP contribution is -2.32. The van der Waals surface area contributed by atoms with Gasteiger partial charge in [-0.1, -0.05) is 72.2 Å². The topological polar surface area (TPSA) is 12.0 Å². The standard InChI is InChI=1S/C20H35N/c1-8-15(3)14-19(9-2)21-16(4)17-10-12-18(13-11-17)20(5,6)7/h10-13,15-16,19,21H,8-9,14H2,1-7H3. The van der Waals surface area contributed by atoms with Crippen LogP contribution < -0.4 is 5.32 Å². The summed E-state index contributed by atoms with van der Waals surface area (Å²) in [6.45, 7) is 16.0. The Hall–Kier alpha value is -0.820. The van der Waals surface area contributed by atoms with Gasteiger partial charge in [-0.2, -0.15) is 0 Å². The van der Waals surface area contributed by atoms with Crippen LogP contribution in [0.25, 0.3) is 0 Å². The minimum Gasteiger partial charge on any atom is -0.307 e. The zero-order chi connectivity index (χ0) is 16.0. The van der Waals surface area contributed by atoms with E-state index in [-0.39, 0.29) is 5.41 Å². The van der Waals surface area contributed by atoms with Crippen molar-refractivity contribution in [3.8, 4) is 0 Å². The highest BCUT2D eigenvalue weighted by Gasteiger charge is 2.16. The van der Waals surface area contributed by atoms with Crippen molar-refractivity contribution in [2.75, 3.05) is 0 Å². The average molecular weight is 290 g/mol. The summed E-state index contributed by atoms with van der Waals surface area (Å²) in [7, 11) is 0. The number of rotatable bonds is 7.